The van der Waals surface area contributed by atoms with E-state index in [4.69, 9.17) is 10.5 Å². The van der Waals surface area contributed by atoms with Crippen molar-refractivity contribution in [1.29, 1.82) is 0 Å². The first-order chi connectivity index (χ1) is 9.68. The molecule has 0 saturated heterocycles. The summed E-state index contributed by atoms with van der Waals surface area (Å²) < 4.78 is 4.79. The van der Waals surface area contributed by atoms with Crippen LogP contribution in [0.2, 0.25) is 0 Å². The van der Waals surface area contributed by atoms with Crippen LogP contribution in [0.1, 0.15) is 40.5 Å². The van der Waals surface area contributed by atoms with Gasteiger partial charge in [-0.1, -0.05) is 20.8 Å². The van der Waals surface area contributed by atoms with Crippen LogP contribution in [0.25, 0.3) is 0 Å². The predicted molar refractivity (Wildman–Crippen MR) is 77.0 cm³/mol. The molecule has 7 nitrogen and oxygen atoms in total. The summed E-state index contributed by atoms with van der Waals surface area (Å²) in [4.78, 5) is 34.7. The number of carbonyl (C=O) groups excluding carboxylic acids is 3. The normalized spacial score (nSPS) is 15.1. The van der Waals surface area contributed by atoms with Gasteiger partial charge in [0.1, 0.15) is 12.1 Å². The minimum Gasteiger partial charge on any atom is -0.466 e. The average Bonchev–Trinajstić information content (AvgIpc) is 2.34. The summed E-state index contributed by atoms with van der Waals surface area (Å²) in [7, 11) is 0. The zero-order chi connectivity index (χ0) is 16.6. The first kappa shape index (κ1) is 19.4. The number of ether oxygens (including phenoxy) is 1. The molecule has 21 heavy (non-hydrogen) atoms. The Kier molecular flexibility index (Phi) is 8.61. The van der Waals surface area contributed by atoms with Gasteiger partial charge in [0, 0.05) is 0 Å². The maximum absolute atomic E-state index is 11.8. The zero-order valence-electron chi connectivity index (χ0n) is 13.1. The number of primary amides is 1. The van der Waals surface area contributed by atoms with Gasteiger partial charge in [0.15, 0.2) is 0 Å². The van der Waals surface area contributed by atoms with Crippen LogP contribution in [0.5, 0.6) is 0 Å². The lowest BCUT2D eigenvalue weighted by Crippen LogP contribution is -2.51. The highest BCUT2D eigenvalue weighted by Crippen LogP contribution is 2.11. The van der Waals surface area contributed by atoms with Crippen molar-refractivity contribution in [3.63, 3.8) is 0 Å². The number of hydrogen-bond acceptors (Lipinski definition) is 5. The van der Waals surface area contributed by atoms with E-state index in [1.165, 1.54) is 0 Å². The molecule has 0 aliphatic rings. The molecule has 0 spiro atoms. The Bertz CT molecular complexity index is 370. The molecule has 0 bridgehead atoms. The summed E-state index contributed by atoms with van der Waals surface area (Å²) in [6.45, 7) is 7.27. The van der Waals surface area contributed by atoms with E-state index in [0.29, 0.717) is 0 Å². The second-order valence-corrected chi connectivity index (χ2v) is 5.52. The fourth-order valence-corrected chi connectivity index (χ4v) is 1.90. The van der Waals surface area contributed by atoms with Gasteiger partial charge in [-0.2, -0.15) is 0 Å². The molecule has 4 N–H and O–H groups in total. The summed E-state index contributed by atoms with van der Waals surface area (Å²) >= 11 is 0. The monoisotopic (exact) mass is 302 g/mol. The average molecular weight is 302 g/mol. The third-order valence-electron chi connectivity index (χ3n) is 2.96. The standard InChI is InChI=1S/C14H26N2O5/c1-5-21-11(18)7-9(4)12(13(15)19)16-14(20)10(17)6-8(2)3/h8-10,12,17H,5-7H2,1-4H3,(H2,15,19)(H,16,20)/t9-,10-,12-/m1/s1. The molecule has 0 fully saturated rings. The zero-order valence-corrected chi connectivity index (χ0v) is 13.1. The van der Waals surface area contributed by atoms with Crippen LogP contribution >= 0.6 is 0 Å². The molecule has 0 rings (SSSR count). The number of esters is 1. The molecule has 2 amide bonds. The number of carbonyl (C=O) groups is 3. The van der Waals surface area contributed by atoms with E-state index in [0.717, 1.165) is 0 Å². The van der Waals surface area contributed by atoms with E-state index in [1.807, 2.05) is 13.8 Å². The van der Waals surface area contributed by atoms with Crippen LogP contribution in [-0.2, 0) is 19.1 Å². The molecule has 0 radical (unpaired) electrons. The number of nitrogens with two attached hydrogens (primary N) is 1. The fourth-order valence-electron chi connectivity index (χ4n) is 1.90. The van der Waals surface area contributed by atoms with Gasteiger partial charge in [-0.25, -0.2) is 0 Å². The molecule has 0 saturated carbocycles. The minimum atomic E-state index is -1.21. The second kappa shape index (κ2) is 9.33. The van der Waals surface area contributed by atoms with Crippen molar-refractivity contribution >= 4 is 17.8 Å². The van der Waals surface area contributed by atoms with E-state index in [2.05, 4.69) is 5.32 Å². The van der Waals surface area contributed by atoms with Gasteiger partial charge < -0.3 is 20.9 Å². The number of nitrogens with one attached hydrogen (secondary N) is 1. The molecule has 3 atom stereocenters. The van der Waals surface area contributed by atoms with Gasteiger partial charge in [0.25, 0.3) is 0 Å². The number of hydrogen-bond donors (Lipinski definition) is 3. The van der Waals surface area contributed by atoms with Crippen LogP contribution < -0.4 is 11.1 Å². The highest BCUT2D eigenvalue weighted by atomic mass is 16.5. The molecule has 0 aliphatic carbocycles. The van der Waals surface area contributed by atoms with Crippen molar-refractivity contribution in [3.05, 3.63) is 0 Å². The molecular formula is C14H26N2O5. The number of aliphatic hydroxyl groups excluding tert-OH is 1. The summed E-state index contributed by atoms with van der Waals surface area (Å²) in [5.41, 5.74) is 5.25. The maximum Gasteiger partial charge on any atom is 0.306 e. The molecule has 0 unspecified atom stereocenters. The third-order valence-corrected chi connectivity index (χ3v) is 2.96. The van der Waals surface area contributed by atoms with E-state index < -0.39 is 35.8 Å². The van der Waals surface area contributed by atoms with Crippen molar-refractivity contribution in [2.24, 2.45) is 17.6 Å². The Morgan fingerprint density at radius 1 is 1.24 bits per heavy atom. The van der Waals surface area contributed by atoms with Crippen LogP contribution in [-0.4, -0.2) is 41.6 Å². The third kappa shape index (κ3) is 7.65. The Morgan fingerprint density at radius 2 is 1.81 bits per heavy atom. The molecule has 0 aromatic rings. The quantitative estimate of drug-likeness (QED) is 0.516. The van der Waals surface area contributed by atoms with Gasteiger partial charge in [-0.3, -0.25) is 14.4 Å². The van der Waals surface area contributed by atoms with Crippen molar-refractivity contribution in [1.82, 2.24) is 5.32 Å². The molecule has 0 aromatic heterocycles. The Hall–Kier alpha value is -1.63. The fraction of sp³-hybridized carbons (Fsp3) is 0.786. The topological polar surface area (TPSA) is 119 Å². The second-order valence-electron chi connectivity index (χ2n) is 5.52. The van der Waals surface area contributed by atoms with Crippen molar-refractivity contribution in [2.75, 3.05) is 6.61 Å². The highest BCUT2D eigenvalue weighted by Gasteiger charge is 2.29. The summed E-state index contributed by atoms with van der Waals surface area (Å²) in [6, 6.07) is -1.02. The Morgan fingerprint density at radius 3 is 2.24 bits per heavy atom. The largest absolute Gasteiger partial charge is 0.466 e. The number of amides is 2. The first-order valence-electron chi connectivity index (χ1n) is 7.12. The van der Waals surface area contributed by atoms with Gasteiger partial charge in [0.2, 0.25) is 11.8 Å². The smallest absolute Gasteiger partial charge is 0.306 e. The Labute approximate surface area is 125 Å². The maximum atomic E-state index is 11.8. The summed E-state index contributed by atoms with van der Waals surface area (Å²) in [6.07, 6.45) is -0.965. The molecule has 0 aromatic carbocycles. The lowest BCUT2D eigenvalue weighted by Gasteiger charge is -2.23. The van der Waals surface area contributed by atoms with Crippen LogP contribution in [0, 0.1) is 11.8 Å². The van der Waals surface area contributed by atoms with E-state index in [-0.39, 0.29) is 25.4 Å². The lowest BCUT2D eigenvalue weighted by molar-refractivity contribution is -0.145. The summed E-state index contributed by atoms with van der Waals surface area (Å²) in [5.74, 6) is -2.26. The van der Waals surface area contributed by atoms with Gasteiger partial charge in [-0.15, -0.1) is 0 Å². The molecule has 0 aliphatic heterocycles. The van der Waals surface area contributed by atoms with E-state index >= 15 is 0 Å². The lowest BCUT2D eigenvalue weighted by atomic mass is 9.97. The Balaban J connectivity index is 4.65. The van der Waals surface area contributed by atoms with Crippen molar-refractivity contribution < 1.29 is 24.2 Å². The highest BCUT2D eigenvalue weighted by molar-refractivity contribution is 5.89. The number of aliphatic hydroxyl groups is 1. The molecule has 0 heterocycles. The van der Waals surface area contributed by atoms with Gasteiger partial charge in [0.05, 0.1) is 13.0 Å². The van der Waals surface area contributed by atoms with Crippen molar-refractivity contribution in [2.45, 2.75) is 52.7 Å². The molecule has 7 heteroatoms. The van der Waals surface area contributed by atoms with E-state index in [9.17, 15) is 19.5 Å². The van der Waals surface area contributed by atoms with Crippen LogP contribution in [0.15, 0.2) is 0 Å². The molecular weight excluding hydrogens is 276 g/mol. The molecule has 122 valence electrons. The first-order valence-corrected chi connectivity index (χ1v) is 7.12. The van der Waals surface area contributed by atoms with Gasteiger partial charge in [-0.05, 0) is 25.2 Å². The SMILES string of the molecule is CCOC(=O)C[C@@H](C)[C@@H](NC(=O)[C@H](O)CC(C)C)C(N)=O. The number of rotatable bonds is 9. The van der Waals surface area contributed by atoms with Gasteiger partial charge >= 0.3 is 5.97 Å². The van der Waals surface area contributed by atoms with Crippen LogP contribution in [0.4, 0.5) is 0 Å². The van der Waals surface area contributed by atoms with Crippen LogP contribution in [0.3, 0.4) is 0 Å². The van der Waals surface area contributed by atoms with E-state index in [1.54, 1.807) is 13.8 Å². The summed E-state index contributed by atoms with van der Waals surface area (Å²) in [5, 5.41) is 12.1. The predicted octanol–water partition coefficient (Wildman–Crippen LogP) is -0.0472. The van der Waals surface area contributed by atoms with Crippen molar-refractivity contribution in [3.8, 4) is 0 Å². The minimum absolute atomic E-state index is 0.0397.